The number of rotatable bonds is 4. The predicted octanol–water partition coefficient (Wildman–Crippen LogP) is 3.88. The van der Waals surface area contributed by atoms with Gasteiger partial charge in [0, 0.05) is 23.2 Å². The van der Waals surface area contributed by atoms with Crippen LogP contribution >= 0.6 is 0 Å². The van der Waals surface area contributed by atoms with Crippen molar-refractivity contribution in [2.75, 3.05) is 5.32 Å². The Bertz CT molecular complexity index is 810. The molecule has 0 aliphatic carbocycles. The monoisotopic (exact) mass is 285 g/mol. The third kappa shape index (κ3) is 2.58. The number of fused-ring (bicyclic) bond motifs is 1. The third-order valence-electron chi connectivity index (χ3n) is 3.19. The Morgan fingerprint density at radius 1 is 1.19 bits per heavy atom. The van der Waals surface area contributed by atoms with Crippen LogP contribution in [0, 0.1) is 5.82 Å². The molecule has 0 radical (unpaired) electrons. The maximum atomic E-state index is 13.1. The van der Waals surface area contributed by atoms with Gasteiger partial charge in [0.25, 0.3) is 0 Å². The molecule has 0 fully saturated rings. The molecule has 2 N–H and O–H groups in total. The zero-order valence-corrected chi connectivity index (χ0v) is 11.0. The summed E-state index contributed by atoms with van der Waals surface area (Å²) in [4.78, 5) is 11.3. The van der Waals surface area contributed by atoms with Gasteiger partial charge in [-0.05, 0) is 24.3 Å². The molecule has 0 saturated heterocycles. The molecule has 3 rings (SSSR count). The van der Waals surface area contributed by atoms with Gasteiger partial charge >= 0.3 is 5.97 Å². The van der Waals surface area contributed by atoms with Crippen LogP contribution in [0.4, 0.5) is 10.1 Å². The van der Waals surface area contributed by atoms with Crippen molar-refractivity contribution in [3.8, 4) is 0 Å². The number of benzene rings is 2. The molecule has 0 atom stereocenters. The van der Waals surface area contributed by atoms with Crippen molar-refractivity contribution in [1.29, 1.82) is 0 Å². The number of halogens is 1. The number of hydrogen-bond donors (Lipinski definition) is 2. The SMILES string of the molecule is O=C(O)c1oc2ccccc2c1CNc1cccc(F)c1. The van der Waals surface area contributed by atoms with Crippen molar-refractivity contribution in [2.24, 2.45) is 0 Å². The summed E-state index contributed by atoms with van der Waals surface area (Å²) in [5.41, 5.74) is 1.64. The Hall–Kier alpha value is -2.82. The molecule has 21 heavy (non-hydrogen) atoms. The first-order valence-electron chi connectivity index (χ1n) is 6.38. The standard InChI is InChI=1S/C16H12FNO3/c17-10-4-3-5-11(8-10)18-9-13-12-6-1-2-7-14(12)21-15(13)16(19)20/h1-8,18H,9H2,(H,19,20). The minimum absolute atomic E-state index is 0.0971. The summed E-state index contributed by atoms with van der Waals surface area (Å²) in [5.74, 6) is -1.57. The number of carbonyl (C=O) groups is 1. The van der Waals surface area contributed by atoms with Crippen LogP contribution in [0.1, 0.15) is 16.1 Å². The lowest BCUT2D eigenvalue weighted by atomic mass is 10.1. The Balaban J connectivity index is 1.95. The van der Waals surface area contributed by atoms with Gasteiger partial charge in [0.15, 0.2) is 0 Å². The molecule has 0 aliphatic heterocycles. The Kier molecular flexibility index (Phi) is 3.31. The molecule has 0 unspecified atom stereocenters. The number of aromatic carboxylic acids is 1. The maximum Gasteiger partial charge on any atom is 0.372 e. The van der Waals surface area contributed by atoms with Gasteiger partial charge in [-0.2, -0.15) is 0 Å². The summed E-state index contributed by atoms with van der Waals surface area (Å²) in [7, 11) is 0. The molecule has 0 aliphatic rings. The Morgan fingerprint density at radius 3 is 2.76 bits per heavy atom. The van der Waals surface area contributed by atoms with Crippen LogP contribution < -0.4 is 5.32 Å². The van der Waals surface area contributed by atoms with Crippen LogP contribution in [-0.2, 0) is 6.54 Å². The molecule has 2 aromatic carbocycles. The molecule has 0 amide bonds. The van der Waals surface area contributed by atoms with Crippen LogP contribution in [0.5, 0.6) is 0 Å². The van der Waals surface area contributed by atoms with E-state index < -0.39 is 5.97 Å². The highest BCUT2D eigenvalue weighted by Gasteiger charge is 2.19. The van der Waals surface area contributed by atoms with Crippen LogP contribution in [-0.4, -0.2) is 11.1 Å². The summed E-state index contributed by atoms with van der Waals surface area (Å²) < 4.78 is 18.5. The smallest absolute Gasteiger partial charge is 0.372 e. The topological polar surface area (TPSA) is 62.5 Å². The van der Waals surface area contributed by atoms with Gasteiger partial charge in [-0.25, -0.2) is 9.18 Å². The van der Waals surface area contributed by atoms with Gasteiger partial charge in [-0.15, -0.1) is 0 Å². The second kappa shape index (κ2) is 5.28. The van der Waals surface area contributed by atoms with E-state index >= 15 is 0 Å². The largest absolute Gasteiger partial charge is 0.475 e. The Morgan fingerprint density at radius 2 is 2.00 bits per heavy atom. The second-order valence-corrected chi connectivity index (χ2v) is 4.57. The van der Waals surface area contributed by atoms with E-state index in [4.69, 9.17) is 4.42 Å². The number of carboxylic acid groups (broad SMARTS) is 1. The van der Waals surface area contributed by atoms with Crippen molar-refractivity contribution >= 4 is 22.6 Å². The van der Waals surface area contributed by atoms with Crippen molar-refractivity contribution in [2.45, 2.75) is 6.54 Å². The minimum Gasteiger partial charge on any atom is -0.475 e. The molecular weight excluding hydrogens is 273 g/mol. The third-order valence-corrected chi connectivity index (χ3v) is 3.19. The van der Waals surface area contributed by atoms with Crippen molar-refractivity contribution in [3.63, 3.8) is 0 Å². The van der Waals surface area contributed by atoms with E-state index in [9.17, 15) is 14.3 Å². The van der Waals surface area contributed by atoms with E-state index in [-0.39, 0.29) is 18.1 Å². The molecule has 106 valence electrons. The summed E-state index contributed by atoms with van der Waals surface area (Å²) in [6.45, 7) is 0.238. The number of hydrogen-bond acceptors (Lipinski definition) is 3. The van der Waals surface area contributed by atoms with Crippen LogP contribution in [0.2, 0.25) is 0 Å². The van der Waals surface area contributed by atoms with E-state index in [1.54, 1.807) is 30.3 Å². The van der Waals surface area contributed by atoms with E-state index in [2.05, 4.69) is 5.32 Å². The fourth-order valence-corrected chi connectivity index (χ4v) is 2.24. The lowest BCUT2D eigenvalue weighted by molar-refractivity contribution is 0.0663. The first-order chi connectivity index (χ1) is 10.1. The van der Waals surface area contributed by atoms with Crippen LogP contribution in [0.15, 0.2) is 52.9 Å². The molecule has 1 heterocycles. The van der Waals surface area contributed by atoms with E-state index in [0.29, 0.717) is 16.8 Å². The van der Waals surface area contributed by atoms with Gasteiger partial charge in [0.05, 0.1) is 0 Å². The molecule has 5 heteroatoms. The first-order valence-corrected chi connectivity index (χ1v) is 6.38. The quantitative estimate of drug-likeness (QED) is 0.763. The van der Waals surface area contributed by atoms with Gasteiger partial charge in [-0.1, -0.05) is 24.3 Å². The van der Waals surface area contributed by atoms with Crippen molar-refractivity contribution < 1.29 is 18.7 Å². The first kappa shape index (κ1) is 13.2. The lowest BCUT2D eigenvalue weighted by Crippen LogP contribution is -2.05. The average molecular weight is 285 g/mol. The molecular formula is C16H12FNO3. The van der Waals surface area contributed by atoms with E-state index in [1.807, 2.05) is 6.07 Å². The Labute approximate surface area is 119 Å². The second-order valence-electron chi connectivity index (χ2n) is 4.57. The zero-order valence-electron chi connectivity index (χ0n) is 11.0. The number of anilines is 1. The van der Waals surface area contributed by atoms with Crippen molar-refractivity contribution in [3.05, 3.63) is 65.7 Å². The highest BCUT2D eigenvalue weighted by molar-refractivity contribution is 5.95. The fraction of sp³-hybridized carbons (Fsp3) is 0.0625. The number of para-hydroxylation sites is 1. The summed E-state index contributed by atoms with van der Waals surface area (Å²) in [6.07, 6.45) is 0. The summed E-state index contributed by atoms with van der Waals surface area (Å²) >= 11 is 0. The highest BCUT2D eigenvalue weighted by atomic mass is 19.1. The number of carboxylic acids is 1. The maximum absolute atomic E-state index is 13.1. The summed E-state index contributed by atoms with van der Waals surface area (Å²) in [5, 5.41) is 13.0. The highest BCUT2D eigenvalue weighted by Crippen LogP contribution is 2.26. The number of furan rings is 1. The normalized spacial score (nSPS) is 10.7. The summed E-state index contributed by atoms with van der Waals surface area (Å²) in [6, 6.07) is 13.1. The molecule has 1 aromatic heterocycles. The van der Waals surface area contributed by atoms with Crippen LogP contribution in [0.25, 0.3) is 11.0 Å². The predicted molar refractivity (Wildman–Crippen MR) is 76.9 cm³/mol. The average Bonchev–Trinajstić information content (AvgIpc) is 2.84. The molecule has 3 aromatic rings. The van der Waals surface area contributed by atoms with Crippen LogP contribution in [0.3, 0.4) is 0 Å². The molecule has 4 nitrogen and oxygen atoms in total. The number of nitrogens with one attached hydrogen (secondary N) is 1. The molecule has 0 saturated carbocycles. The van der Waals surface area contributed by atoms with Gasteiger partial charge < -0.3 is 14.8 Å². The van der Waals surface area contributed by atoms with E-state index in [1.165, 1.54) is 12.1 Å². The zero-order chi connectivity index (χ0) is 14.8. The fourth-order valence-electron chi connectivity index (χ4n) is 2.24. The minimum atomic E-state index is -1.12. The van der Waals surface area contributed by atoms with Gasteiger partial charge in [0.1, 0.15) is 11.4 Å². The van der Waals surface area contributed by atoms with Gasteiger partial charge in [-0.3, -0.25) is 0 Å². The van der Waals surface area contributed by atoms with E-state index in [0.717, 1.165) is 5.39 Å². The molecule has 0 spiro atoms. The van der Waals surface area contributed by atoms with Gasteiger partial charge in [0.2, 0.25) is 5.76 Å². The van der Waals surface area contributed by atoms with Crippen molar-refractivity contribution in [1.82, 2.24) is 0 Å². The lowest BCUT2D eigenvalue weighted by Gasteiger charge is -2.06. The molecule has 0 bridgehead atoms.